The first-order chi connectivity index (χ1) is 5.75. The molecule has 0 radical (unpaired) electrons. The molecule has 0 aliphatic carbocycles. The van der Waals surface area contributed by atoms with Gasteiger partial charge in [0.15, 0.2) is 0 Å². The molecule has 0 aromatic heterocycles. The van der Waals surface area contributed by atoms with Crippen LogP contribution in [0.4, 0.5) is 0 Å². The zero-order chi connectivity index (χ0) is 8.55. The second-order valence-corrected chi connectivity index (χ2v) is 4.13. The van der Waals surface area contributed by atoms with Gasteiger partial charge in [-0.05, 0) is 30.5 Å². The molecule has 1 aliphatic rings. The van der Waals surface area contributed by atoms with Crippen molar-refractivity contribution in [3.63, 3.8) is 0 Å². The quantitative estimate of drug-likeness (QED) is 0.609. The summed E-state index contributed by atoms with van der Waals surface area (Å²) in [4.78, 5) is 0. The van der Waals surface area contributed by atoms with Crippen molar-refractivity contribution in [2.75, 3.05) is 5.75 Å². The topological polar surface area (TPSA) is 26.3 Å². The molecule has 3 heteroatoms. The number of rotatable bonds is 0. The Morgan fingerprint density at radius 1 is 1.50 bits per heavy atom. The van der Waals surface area contributed by atoms with Crippen molar-refractivity contribution in [1.82, 2.24) is 0 Å². The second-order valence-electron chi connectivity index (χ2n) is 2.95. The van der Waals surface area contributed by atoms with Crippen LogP contribution < -0.4 is 4.18 Å². The lowest BCUT2D eigenvalue weighted by Gasteiger charge is -2.15. The fourth-order valence-corrected chi connectivity index (χ4v) is 2.11. The summed E-state index contributed by atoms with van der Waals surface area (Å²) in [5.74, 6) is 1.41. The van der Waals surface area contributed by atoms with E-state index in [1.165, 1.54) is 5.56 Å². The van der Waals surface area contributed by atoms with E-state index in [1.54, 1.807) is 0 Å². The second kappa shape index (κ2) is 2.90. The average molecular weight is 182 g/mol. The Balaban J connectivity index is 2.44. The van der Waals surface area contributed by atoms with Gasteiger partial charge in [0.1, 0.15) is 5.75 Å². The first-order valence-corrected chi connectivity index (χ1v) is 5.16. The number of aryl methyl sites for hydroxylation is 2. The molecule has 64 valence electrons. The molecular weight excluding hydrogens is 172 g/mol. The minimum Gasteiger partial charge on any atom is -0.400 e. The maximum atomic E-state index is 11.0. The maximum Gasteiger partial charge on any atom is 0.206 e. The molecule has 0 amide bonds. The molecule has 1 aromatic rings. The van der Waals surface area contributed by atoms with Crippen LogP contribution in [-0.2, 0) is 17.5 Å². The fourth-order valence-electron chi connectivity index (χ4n) is 1.28. The third-order valence-corrected chi connectivity index (χ3v) is 2.85. The van der Waals surface area contributed by atoms with Crippen LogP contribution in [0.25, 0.3) is 0 Å². The molecule has 1 unspecified atom stereocenters. The molecule has 2 nitrogen and oxygen atoms in total. The van der Waals surface area contributed by atoms with Crippen molar-refractivity contribution in [3.05, 3.63) is 29.3 Å². The highest BCUT2D eigenvalue weighted by molar-refractivity contribution is 7.80. The molecule has 12 heavy (non-hydrogen) atoms. The van der Waals surface area contributed by atoms with Crippen LogP contribution in [0, 0.1) is 6.92 Å². The van der Waals surface area contributed by atoms with Crippen LogP contribution in [0.15, 0.2) is 18.2 Å². The summed E-state index contributed by atoms with van der Waals surface area (Å²) in [5, 5.41) is 0. The lowest BCUT2D eigenvalue weighted by atomic mass is 10.1. The van der Waals surface area contributed by atoms with E-state index >= 15 is 0 Å². The molecule has 0 saturated heterocycles. The average Bonchev–Trinajstić information content (AvgIpc) is 2.03. The van der Waals surface area contributed by atoms with Crippen molar-refractivity contribution in [2.24, 2.45) is 0 Å². The Morgan fingerprint density at radius 2 is 2.33 bits per heavy atom. The van der Waals surface area contributed by atoms with Gasteiger partial charge in [-0.1, -0.05) is 12.1 Å². The summed E-state index contributed by atoms with van der Waals surface area (Å²) >= 11 is -1.11. The maximum absolute atomic E-state index is 11.0. The summed E-state index contributed by atoms with van der Waals surface area (Å²) in [6, 6.07) is 6.03. The van der Waals surface area contributed by atoms with Gasteiger partial charge in [-0.3, -0.25) is 0 Å². The molecule has 0 spiro atoms. The van der Waals surface area contributed by atoms with Gasteiger partial charge in [0.05, 0.1) is 5.75 Å². The molecule has 1 aromatic carbocycles. The molecular formula is C9H10O2S. The first-order valence-electron chi connectivity index (χ1n) is 3.92. The molecule has 1 heterocycles. The van der Waals surface area contributed by atoms with Gasteiger partial charge in [0.2, 0.25) is 11.1 Å². The highest BCUT2D eigenvalue weighted by Gasteiger charge is 2.15. The summed E-state index contributed by atoms with van der Waals surface area (Å²) < 4.78 is 16.2. The molecule has 0 bridgehead atoms. The Morgan fingerprint density at radius 3 is 3.17 bits per heavy atom. The summed E-state index contributed by atoms with van der Waals surface area (Å²) in [7, 11) is 0. The minimum atomic E-state index is -1.11. The molecule has 0 N–H and O–H groups in total. The number of fused-ring (bicyclic) bond motifs is 1. The van der Waals surface area contributed by atoms with E-state index in [0.29, 0.717) is 5.75 Å². The predicted molar refractivity (Wildman–Crippen MR) is 48.5 cm³/mol. The van der Waals surface area contributed by atoms with Gasteiger partial charge in [0.25, 0.3) is 0 Å². The number of hydrogen-bond donors (Lipinski definition) is 0. The SMILES string of the molecule is Cc1ccc2c(c1)OS(=O)CC2. The zero-order valence-electron chi connectivity index (χ0n) is 6.87. The molecule has 1 aliphatic heterocycles. The van der Waals surface area contributed by atoms with Gasteiger partial charge in [-0.2, -0.15) is 0 Å². The monoisotopic (exact) mass is 182 g/mol. The van der Waals surface area contributed by atoms with E-state index in [2.05, 4.69) is 6.07 Å². The largest absolute Gasteiger partial charge is 0.400 e. The van der Waals surface area contributed by atoms with Crippen LogP contribution in [0.3, 0.4) is 0 Å². The number of hydrogen-bond acceptors (Lipinski definition) is 2. The lowest BCUT2D eigenvalue weighted by molar-refractivity contribution is 0.544. The van der Waals surface area contributed by atoms with Crippen LogP contribution in [0.1, 0.15) is 11.1 Å². The van der Waals surface area contributed by atoms with Crippen LogP contribution in [0.2, 0.25) is 0 Å². The van der Waals surface area contributed by atoms with E-state index in [-0.39, 0.29) is 0 Å². The zero-order valence-corrected chi connectivity index (χ0v) is 7.69. The van der Waals surface area contributed by atoms with Crippen molar-refractivity contribution >= 4 is 11.1 Å². The minimum absolute atomic E-state index is 0.621. The molecule has 2 rings (SSSR count). The highest BCUT2D eigenvalue weighted by Crippen LogP contribution is 2.25. The third kappa shape index (κ3) is 1.37. The third-order valence-electron chi connectivity index (χ3n) is 1.94. The fraction of sp³-hybridized carbons (Fsp3) is 0.333. The molecule has 0 saturated carbocycles. The van der Waals surface area contributed by atoms with E-state index in [0.717, 1.165) is 17.7 Å². The Bertz CT molecular complexity index is 333. The lowest BCUT2D eigenvalue weighted by Crippen LogP contribution is -2.14. The first kappa shape index (κ1) is 7.80. The normalized spacial score (nSPS) is 21.2. The summed E-state index contributed by atoms with van der Waals surface area (Å²) in [5.41, 5.74) is 2.31. The smallest absolute Gasteiger partial charge is 0.206 e. The van der Waals surface area contributed by atoms with Crippen LogP contribution in [0.5, 0.6) is 5.75 Å². The van der Waals surface area contributed by atoms with E-state index in [1.807, 2.05) is 19.1 Å². The van der Waals surface area contributed by atoms with Crippen molar-refractivity contribution in [1.29, 1.82) is 0 Å². The Kier molecular flexibility index (Phi) is 1.89. The van der Waals surface area contributed by atoms with Gasteiger partial charge < -0.3 is 4.18 Å². The van der Waals surface area contributed by atoms with Crippen molar-refractivity contribution in [3.8, 4) is 5.75 Å². The standard InChI is InChI=1S/C9H10O2S/c1-7-2-3-8-4-5-12(10)11-9(8)6-7/h2-3,6H,4-5H2,1H3. The predicted octanol–water partition coefficient (Wildman–Crippen LogP) is 1.59. The highest BCUT2D eigenvalue weighted by atomic mass is 32.2. The van der Waals surface area contributed by atoms with Crippen molar-refractivity contribution in [2.45, 2.75) is 13.3 Å². The van der Waals surface area contributed by atoms with Gasteiger partial charge in [-0.15, -0.1) is 0 Å². The van der Waals surface area contributed by atoms with Gasteiger partial charge in [0, 0.05) is 0 Å². The van der Waals surface area contributed by atoms with Gasteiger partial charge in [-0.25, -0.2) is 4.21 Å². The number of benzene rings is 1. The summed E-state index contributed by atoms with van der Waals surface area (Å²) in [6.07, 6.45) is 0.863. The molecule has 1 atom stereocenters. The Hall–Kier alpha value is -0.830. The van der Waals surface area contributed by atoms with Crippen LogP contribution in [-0.4, -0.2) is 9.96 Å². The van der Waals surface area contributed by atoms with Gasteiger partial charge >= 0.3 is 0 Å². The summed E-state index contributed by atoms with van der Waals surface area (Å²) in [6.45, 7) is 2.00. The van der Waals surface area contributed by atoms with E-state index < -0.39 is 11.1 Å². The van der Waals surface area contributed by atoms with E-state index in [4.69, 9.17) is 4.18 Å². The van der Waals surface area contributed by atoms with E-state index in [9.17, 15) is 4.21 Å². The van der Waals surface area contributed by atoms with Crippen molar-refractivity contribution < 1.29 is 8.39 Å². The molecule has 0 fully saturated rings. The van der Waals surface area contributed by atoms with Crippen LogP contribution >= 0.6 is 0 Å². The Labute approximate surface area is 74.2 Å².